The van der Waals surface area contributed by atoms with E-state index in [1.807, 2.05) is 24.3 Å². The molecule has 3 saturated heterocycles. The van der Waals surface area contributed by atoms with E-state index in [9.17, 15) is 4.79 Å². The lowest BCUT2D eigenvalue weighted by atomic mass is 9.91. The van der Waals surface area contributed by atoms with Gasteiger partial charge in [-0.2, -0.15) is 0 Å². The fraction of sp³-hybridized carbons (Fsp3) is 0.536. The van der Waals surface area contributed by atoms with E-state index >= 15 is 0 Å². The Bertz CT molecular complexity index is 982. The first-order chi connectivity index (χ1) is 17.2. The number of hydrogen-bond donors (Lipinski definition) is 0. The molecule has 7 nitrogen and oxygen atoms in total. The predicted molar refractivity (Wildman–Crippen MR) is 138 cm³/mol. The molecule has 3 aliphatic rings. The van der Waals surface area contributed by atoms with Gasteiger partial charge in [-0.05, 0) is 68.8 Å². The van der Waals surface area contributed by atoms with Crippen LogP contribution < -0.4 is 19.3 Å². The van der Waals surface area contributed by atoms with Gasteiger partial charge in [0.15, 0.2) is 0 Å². The highest BCUT2D eigenvalue weighted by atomic mass is 16.6. The van der Waals surface area contributed by atoms with Gasteiger partial charge in [0.25, 0.3) is 0 Å². The van der Waals surface area contributed by atoms with E-state index in [1.165, 1.54) is 38.0 Å². The second kappa shape index (κ2) is 10.8. The molecule has 0 atom stereocenters. The summed E-state index contributed by atoms with van der Waals surface area (Å²) in [4.78, 5) is 19.4. The minimum atomic E-state index is -0.439. The molecule has 1 spiro atoms. The molecule has 0 radical (unpaired) electrons. The Labute approximate surface area is 208 Å². The van der Waals surface area contributed by atoms with Crippen LogP contribution in [0.3, 0.4) is 0 Å². The molecule has 3 fully saturated rings. The van der Waals surface area contributed by atoms with Crippen LogP contribution in [-0.2, 0) is 4.74 Å². The average Bonchev–Trinajstić information content (AvgIpc) is 3.23. The van der Waals surface area contributed by atoms with Crippen LogP contribution in [0.2, 0.25) is 0 Å². The topological polar surface area (TPSA) is 54.5 Å². The Kier molecular flexibility index (Phi) is 7.32. The van der Waals surface area contributed by atoms with Crippen molar-refractivity contribution in [2.45, 2.75) is 44.1 Å². The molecule has 2 aromatic carbocycles. The SMILES string of the molecule is COc1ccccc1N1CC2(CCN(c3ccc(OCCCN4CCCCC4)cc3)CC2)OC1=O. The van der Waals surface area contributed by atoms with Gasteiger partial charge in [-0.25, -0.2) is 4.79 Å². The molecule has 3 heterocycles. The standard InChI is InChI=1S/C28H37N3O4/c1-33-26-9-4-3-8-25(26)31-22-28(35-27(31)32)14-19-30(20-15-28)23-10-12-24(13-11-23)34-21-7-18-29-16-5-2-6-17-29/h3-4,8-13H,2,5-7,14-22H2,1H3. The monoisotopic (exact) mass is 479 g/mol. The number of hydrogen-bond acceptors (Lipinski definition) is 6. The van der Waals surface area contributed by atoms with Crippen molar-refractivity contribution in [3.63, 3.8) is 0 Å². The average molecular weight is 480 g/mol. The number of carbonyl (C=O) groups excluding carboxylic acids is 1. The number of benzene rings is 2. The number of anilines is 2. The Hall–Kier alpha value is -2.93. The van der Waals surface area contributed by atoms with E-state index in [1.54, 1.807) is 12.0 Å². The number of para-hydroxylation sites is 2. The van der Waals surface area contributed by atoms with Gasteiger partial charge >= 0.3 is 6.09 Å². The summed E-state index contributed by atoms with van der Waals surface area (Å²) in [6.07, 6.45) is 6.44. The number of amides is 1. The minimum Gasteiger partial charge on any atom is -0.495 e. The first-order valence-electron chi connectivity index (χ1n) is 13.0. The number of carbonyl (C=O) groups is 1. The van der Waals surface area contributed by atoms with Crippen LogP contribution >= 0.6 is 0 Å². The van der Waals surface area contributed by atoms with Crippen LogP contribution in [0, 0.1) is 0 Å². The third-order valence-electron chi connectivity index (χ3n) is 7.56. The van der Waals surface area contributed by atoms with Gasteiger partial charge < -0.3 is 24.0 Å². The third kappa shape index (κ3) is 5.50. The van der Waals surface area contributed by atoms with Crippen LogP contribution in [0.15, 0.2) is 48.5 Å². The summed E-state index contributed by atoms with van der Waals surface area (Å²) < 4.78 is 17.4. The zero-order chi connectivity index (χ0) is 24.1. The van der Waals surface area contributed by atoms with E-state index in [4.69, 9.17) is 14.2 Å². The van der Waals surface area contributed by atoms with Crippen molar-refractivity contribution in [1.82, 2.24) is 4.90 Å². The molecule has 0 aliphatic carbocycles. The van der Waals surface area contributed by atoms with Crippen LogP contribution in [-0.4, -0.2) is 69.6 Å². The fourth-order valence-electron chi connectivity index (χ4n) is 5.51. The number of nitrogens with zero attached hydrogens (tertiary/aromatic N) is 3. The molecule has 2 aromatic rings. The normalized spacial score (nSPS) is 20.2. The number of rotatable bonds is 8. The van der Waals surface area contributed by atoms with Crippen LogP contribution in [0.25, 0.3) is 0 Å². The van der Waals surface area contributed by atoms with Crippen molar-refractivity contribution in [1.29, 1.82) is 0 Å². The highest BCUT2D eigenvalue weighted by Crippen LogP contribution is 2.39. The van der Waals surface area contributed by atoms with E-state index in [0.29, 0.717) is 12.3 Å². The van der Waals surface area contributed by atoms with Gasteiger partial charge in [-0.1, -0.05) is 18.6 Å². The first kappa shape index (κ1) is 23.8. The first-order valence-corrected chi connectivity index (χ1v) is 13.0. The Morgan fingerprint density at radius 3 is 2.43 bits per heavy atom. The summed E-state index contributed by atoms with van der Waals surface area (Å²) in [7, 11) is 1.63. The Morgan fingerprint density at radius 2 is 1.69 bits per heavy atom. The molecule has 188 valence electrons. The lowest BCUT2D eigenvalue weighted by Gasteiger charge is -2.38. The summed E-state index contributed by atoms with van der Waals surface area (Å²) >= 11 is 0. The maximum atomic E-state index is 12.7. The summed E-state index contributed by atoms with van der Waals surface area (Å²) in [5, 5.41) is 0. The van der Waals surface area contributed by atoms with Gasteiger partial charge in [0, 0.05) is 38.2 Å². The second-order valence-electron chi connectivity index (χ2n) is 9.89. The van der Waals surface area contributed by atoms with Gasteiger partial charge in [0.2, 0.25) is 0 Å². The molecule has 7 heteroatoms. The summed E-state index contributed by atoms with van der Waals surface area (Å²) in [6, 6.07) is 16.0. The van der Waals surface area contributed by atoms with Crippen molar-refractivity contribution in [3.8, 4) is 11.5 Å². The molecule has 1 amide bonds. The smallest absolute Gasteiger partial charge is 0.415 e. The summed E-state index contributed by atoms with van der Waals surface area (Å²) in [5.74, 6) is 1.62. The van der Waals surface area contributed by atoms with Crippen LogP contribution in [0.5, 0.6) is 11.5 Å². The molecule has 0 saturated carbocycles. The Morgan fingerprint density at radius 1 is 0.943 bits per heavy atom. The molecular formula is C28H37N3O4. The maximum Gasteiger partial charge on any atom is 0.415 e. The van der Waals surface area contributed by atoms with Gasteiger partial charge in [-0.15, -0.1) is 0 Å². The van der Waals surface area contributed by atoms with E-state index < -0.39 is 5.60 Å². The molecule has 0 N–H and O–H groups in total. The van der Waals surface area contributed by atoms with Crippen molar-refractivity contribution in [2.75, 3.05) is 62.8 Å². The van der Waals surface area contributed by atoms with Gasteiger partial charge in [0.05, 0.1) is 25.9 Å². The van der Waals surface area contributed by atoms with E-state index in [-0.39, 0.29) is 6.09 Å². The molecular weight excluding hydrogens is 442 g/mol. The van der Waals surface area contributed by atoms with Crippen molar-refractivity contribution in [2.24, 2.45) is 0 Å². The molecule has 0 bridgehead atoms. The van der Waals surface area contributed by atoms with E-state index in [2.05, 4.69) is 34.1 Å². The predicted octanol–water partition coefficient (Wildman–Crippen LogP) is 4.95. The van der Waals surface area contributed by atoms with Gasteiger partial charge in [-0.3, -0.25) is 4.90 Å². The highest BCUT2D eigenvalue weighted by molar-refractivity contribution is 5.92. The largest absolute Gasteiger partial charge is 0.495 e. The van der Waals surface area contributed by atoms with Crippen LogP contribution in [0.1, 0.15) is 38.5 Å². The van der Waals surface area contributed by atoms with Crippen molar-refractivity contribution >= 4 is 17.5 Å². The van der Waals surface area contributed by atoms with Crippen molar-refractivity contribution in [3.05, 3.63) is 48.5 Å². The molecule has 0 aromatic heterocycles. The van der Waals surface area contributed by atoms with Crippen molar-refractivity contribution < 1.29 is 19.0 Å². The molecule has 35 heavy (non-hydrogen) atoms. The van der Waals surface area contributed by atoms with E-state index in [0.717, 1.165) is 56.9 Å². The fourth-order valence-corrected chi connectivity index (χ4v) is 5.51. The number of methoxy groups -OCH3 is 1. The highest BCUT2D eigenvalue weighted by Gasteiger charge is 2.48. The summed E-state index contributed by atoms with van der Waals surface area (Å²) in [6.45, 7) is 6.63. The zero-order valence-corrected chi connectivity index (χ0v) is 20.8. The van der Waals surface area contributed by atoms with Gasteiger partial charge in [0.1, 0.15) is 17.1 Å². The van der Waals surface area contributed by atoms with Crippen LogP contribution in [0.4, 0.5) is 16.2 Å². The molecule has 0 unspecified atom stereocenters. The number of likely N-dealkylation sites (tertiary alicyclic amines) is 1. The molecule has 3 aliphatic heterocycles. The number of ether oxygens (including phenoxy) is 3. The zero-order valence-electron chi connectivity index (χ0n) is 20.8. The molecule has 5 rings (SSSR count). The lowest BCUT2D eigenvalue weighted by Crippen LogP contribution is -2.47. The minimum absolute atomic E-state index is 0.287. The third-order valence-corrected chi connectivity index (χ3v) is 7.56. The second-order valence-corrected chi connectivity index (χ2v) is 9.89. The quantitative estimate of drug-likeness (QED) is 0.500. The number of piperidine rings is 2. The summed E-state index contributed by atoms with van der Waals surface area (Å²) in [5.41, 5.74) is 1.52. The lowest BCUT2D eigenvalue weighted by molar-refractivity contribution is 0.0367. The Balaban J connectivity index is 1.10. The maximum absolute atomic E-state index is 12.7.